The normalized spacial score (nSPS) is 20.2. The summed E-state index contributed by atoms with van der Waals surface area (Å²) < 4.78 is 0. The lowest BCUT2D eigenvalue weighted by Crippen LogP contribution is -2.37. The van der Waals surface area contributed by atoms with Crippen molar-refractivity contribution in [3.63, 3.8) is 0 Å². The molecular formula is C34H28. The van der Waals surface area contributed by atoms with Gasteiger partial charge in [-0.05, 0) is 91.6 Å². The third-order valence-corrected chi connectivity index (χ3v) is 7.87. The van der Waals surface area contributed by atoms with Crippen LogP contribution < -0.4 is 20.9 Å². The molecule has 0 spiro atoms. The van der Waals surface area contributed by atoms with E-state index in [-0.39, 0.29) is 0 Å². The topological polar surface area (TPSA) is 0 Å². The summed E-state index contributed by atoms with van der Waals surface area (Å²) in [5, 5.41) is 8.44. The molecule has 164 valence electrons. The van der Waals surface area contributed by atoms with Crippen molar-refractivity contribution < 1.29 is 0 Å². The summed E-state index contributed by atoms with van der Waals surface area (Å²) in [5.41, 5.74) is 7.17. The molecule has 7 rings (SSSR count). The van der Waals surface area contributed by atoms with E-state index in [1.165, 1.54) is 59.5 Å². The molecule has 0 radical (unpaired) electrons. The van der Waals surface area contributed by atoms with E-state index in [0.29, 0.717) is 5.92 Å². The molecular weight excluding hydrogens is 408 g/mol. The molecule has 1 atom stereocenters. The van der Waals surface area contributed by atoms with Gasteiger partial charge in [-0.25, -0.2) is 0 Å². The maximum absolute atomic E-state index is 2.51. The van der Waals surface area contributed by atoms with Crippen molar-refractivity contribution in [3.8, 4) is 0 Å². The van der Waals surface area contributed by atoms with E-state index in [1.54, 1.807) is 0 Å². The van der Waals surface area contributed by atoms with Crippen LogP contribution in [0.1, 0.15) is 43.2 Å². The number of benzene rings is 3. The first-order valence-electron chi connectivity index (χ1n) is 12.7. The van der Waals surface area contributed by atoms with Gasteiger partial charge in [0, 0.05) is 5.92 Å². The molecule has 0 saturated carbocycles. The molecule has 4 aliphatic rings. The van der Waals surface area contributed by atoms with Gasteiger partial charge >= 0.3 is 0 Å². The molecule has 0 nitrogen and oxygen atoms in total. The van der Waals surface area contributed by atoms with Gasteiger partial charge in [0.05, 0.1) is 0 Å². The van der Waals surface area contributed by atoms with Gasteiger partial charge in [-0.3, -0.25) is 0 Å². The zero-order chi connectivity index (χ0) is 22.5. The van der Waals surface area contributed by atoms with Crippen molar-refractivity contribution in [2.24, 2.45) is 5.92 Å². The second kappa shape index (κ2) is 7.99. The zero-order valence-corrected chi connectivity index (χ0v) is 19.4. The van der Waals surface area contributed by atoms with Gasteiger partial charge in [0.15, 0.2) is 0 Å². The van der Waals surface area contributed by atoms with Crippen molar-refractivity contribution in [1.29, 1.82) is 0 Å². The summed E-state index contributed by atoms with van der Waals surface area (Å²) in [7, 11) is 0. The Bertz CT molecular complexity index is 1720. The molecule has 0 saturated heterocycles. The Labute approximate surface area is 200 Å². The molecule has 0 aliphatic heterocycles. The number of hydrogen-bond acceptors (Lipinski definition) is 0. The monoisotopic (exact) mass is 436 g/mol. The summed E-state index contributed by atoms with van der Waals surface area (Å²) >= 11 is 0. The van der Waals surface area contributed by atoms with Crippen molar-refractivity contribution in [1.82, 2.24) is 0 Å². The van der Waals surface area contributed by atoms with Gasteiger partial charge in [-0.2, -0.15) is 0 Å². The van der Waals surface area contributed by atoms with Crippen LogP contribution in [-0.4, -0.2) is 0 Å². The predicted octanol–water partition coefficient (Wildman–Crippen LogP) is 5.42. The second-order valence-electron chi connectivity index (χ2n) is 9.81. The van der Waals surface area contributed by atoms with Crippen LogP contribution in [0.3, 0.4) is 0 Å². The summed E-state index contributed by atoms with van der Waals surface area (Å²) in [6, 6.07) is 18.1. The van der Waals surface area contributed by atoms with E-state index < -0.39 is 0 Å². The van der Waals surface area contributed by atoms with E-state index in [0.717, 1.165) is 32.1 Å². The fourth-order valence-electron chi connectivity index (χ4n) is 6.32. The quantitative estimate of drug-likeness (QED) is 0.503. The molecule has 3 aromatic carbocycles. The van der Waals surface area contributed by atoms with Gasteiger partial charge in [0.25, 0.3) is 0 Å². The highest BCUT2D eigenvalue weighted by molar-refractivity contribution is 6.03. The molecule has 0 heteroatoms. The fourth-order valence-corrected chi connectivity index (χ4v) is 6.32. The molecule has 1 unspecified atom stereocenters. The minimum Gasteiger partial charge on any atom is -0.0836 e. The van der Waals surface area contributed by atoms with Crippen LogP contribution in [-0.2, 0) is 0 Å². The lowest BCUT2D eigenvalue weighted by atomic mass is 9.80. The zero-order valence-electron chi connectivity index (χ0n) is 19.4. The Kier molecular flexibility index (Phi) is 4.65. The average Bonchev–Trinajstić information content (AvgIpc) is 2.91. The van der Waals surface area contributed by atoms with E-state index in [4.69, 9.17) is 0 Å². The Morgan fingerprint density at radius 2 is 1.50 bits per heavy atom. The van der Waals surface area contributed by atoms with Crippen molar-refractivity contribution >= 4 is 40.1 Å². The van der Waals surface area contributed by atoms with Crippen molar-refractivity contribution in [2.75, 3.05) is 0 Å². The molecule has 0 fully saturated rings. The van der Waals surface area contributed by atoms with Crippen LogP contribution in [0.5, 0.6) is 0 Å². The molecule has 34 heavy (non-hydrogen) atoms. The summed E-state index contributed by atoms with van der Waals surface area (Å²) in [4.78, 5) is 0. The van der Waals surface area contributed by atoms with Crippen molar-refractivity contribution in [3.05, 3.63) is 123 Å². The van der Waals surface area contributed by atoms with Crippen LogP contribution in [0.25, 0.3) is 40.1 Å². The maximum Gasteiger partial charge on any atom is 0.00561 e. The Morgan fingerprint density at radius 1 is 0.735 bits per heavy atom. The van der Waals surface area contributed by atoms with Crippen molar-refractivity contribution in [2.45, 2.75) is 32.1 Å². The summed E-state index contributed by atoms with van der Waals surface area (Å²) in [5.74, 6) is 0.524. The average molecular weight is 437 g/mol. The smallest absolute Gasteiger partial charge is 0.00561 e. The Hall–Kier alpha value is -3.64. The highest BCUT2D eigenvalue weighted by Crippen LogP contribution is 2.35. The van der Waals surface area contributed by atoms with Gasteiger partial charge in [-0.15, -0.1) is 0 Å². The number of hydrogen-bond donors (Lipinski definition) is 0. The Morgan fingerprint density at radius 3 is 2.38 bits per heavy atom. The van der Waals surface area contributed by atoms with Crippen LogP contribution in [0.15, 0.2) is 90.6 Å². The fraction of sp³-hybridized carbons (Fsp3) is 0.176. The van der Waals surface area contributed by atoms with E-state index in [1.807, 2.05) is 0 Å². The summed E-state index contributed by atoms with van der Waals surface area (Å²) in [6.45, 7) is 0. The first-order valence-corrected chi connectivity index (χ1v) is 12.7. The molecule has 4 aliphatic carbocycles. The van der Waals surface area contributed by atoms with Gasteiger partial charge in [-0.1, -0.05) is 103 Å². The highest BCUT2D eigenvalue weighted by Gasteiger charge is 2.21. The molecule has 0 N–H and O–H groups in total. The van der Waals surface area contributed by atoms with Crippen LogP contribution in [0.2, 0.25) is 0 Å². The second-order valence-corrected chi connectivity index (χ2v) is 9.81. The molecule has 0 amide bonds. The minimum atomic E-state index is 0.524. The predicted molar refractivity (Wildman–Crippen MR) is 146 cm³/mol. The first-order chi connectivity index (χ1) is 16.9. The van der Waals surface area contributed by atoms with Crippen LogP contribution >= 0.6 is 0 Å². The molecule has 0 bridgehead atoms. The maximum atomic E-state index is 2.51. The van der Waals surface area contributed by atoms with Crippen LogP contribution in [0.4, 0.5) is 0 Å². The number of rotatable bonds is 2. The SMILES string of the molecule is C1=CCC2C=CC(c3c4c(c(C5=c6ccccc6=CCC5)c5ccccc35)=CCCC=4)=CC2=C1. The third kappa shape index (κ3) is 3.06. The van der Waals surface area contributed by atoms with E-state index in [2.05, 4.69) is 103 Å². The van der Waals surface area contributed by atoms with Crippen LogP contribution in [0, 0.1) is 5.92 Å². The van der Waals surface area contributed by atoms with Gasteiger partial charge in [0.2, 0.25) is 0 Å². The molecule has 0 heterocycles. The molecule has 3 aromatic rings. The van der Waals surface area contributed by atoms with E-state index in [9.17, 15) is 0 Å². The number of allylic oxidation sites excluding steroid dienone is 8. The largest absolute Gasteiger partial charge is 0.0836 e. The lowest BCUT2D eigenvalue weighted by Gasteiger charge is -2.24. The molecule has 0 aromatic heterocycles. The minimum absolute atomic E-state index is 0.524. The van der Waals surface area contributed by atoms with Gasteiger partial charge < -0.3 is 0 Å². The number of fused-ring (bicyclic) bond motifs is 4. The third-order valence-electron chi connectivity index (χ3n) is 7.87. The summed E-state index contributed by atoms with van der Waals surface area (Å²) in [6.07, 6.45) is 27.0. The van der Waals surface area contributed by atoms with Gasteiger partial charge in [0.1, 0.15) is 0 Å². The first kappa shape index (κ1) is 19.8. The lowest BCUT2D eigenvalue weighted by molar-refractivity contribution is 0.781. The Balaban J connectivity index is 1.61. The standard InChI is InChI=1S/C34H28/c1-2-12-25-22-26(21-20-23(25)10-1)33-29-15-5-7-17-31(29)34(32-18-8-6-16-30(32)33)28-19-9-13-24-11-3-4-14-27(24)28/h1-5,7,11-18,20-23H,6,8-10,19H2. The van der Waals surface area contributed by atoms with E-state index >= 15 is 0 Å². The highest BCUT2D eigenvalue weighted by atomic mass is 14.2.